The van der Waals surface area contributed by atoms with Crippen molar-refractivity contribution in [3.8, 4) is 11.3 Å². The highest BCUT2D eigenvalue weighted by Gasteiger charge is 2.23. The van der Waals surface area contributed by atoms with Crippen molar-refractivity contribution in [2.45, 2.75) is 25.9 Å². The van der Waals surface area contributed by atoms with Crippen molar-refractivity contribution in [3.05, 3.63) is 111 Å². The summed E-state index contributed by atoms with van der Waals surface area (Å²) in [6, 6.07) is 18.8. The van der Waals surface area contributed by atoms with Gasteiger partial charge < -0.3 is 25.0 Å². The number of amides is 2. The van der Waals surface area contributed by atoms with Gasteiger partial charge in [-0.15, -0.1) is 0 Å². The van der Waals surface area contributed by atoms with Crippen LogP contribution in [0, 0.1) is 11.6 Å². The number of rotatable bonds is 8. The first-order valence-electron chi connectivity index (χ1n) is 13.9. The minimum atomic E-state index is -0.538. The van der Waals surface area contributed by atoms with E-state index in [0.29, 0.717) is 41.0 Å². The van der Waals surface area contributed by atoms with E-state index in [-0.39, 0.29) is 29.9 Å². The lowest BCUT2D eigenvalue weighted by Gasteiger charge is -2.22. The van der Waals surface area contributed by atoms with Crippen LogP contribution in [-0.4, -0.2) is 55.0 Å². The van der Waals surface area contributed by atoms with E-state index in [1.807, 2.05) is 4.90 Å². The molecule has 1 aromatic heterocycles. The lowest BCUT2D eigenvalue weighted by molar-refractivity contribution is -0.117. The Morgan fingerprint density at radius 3 is 2.51 bits per heavy atom. The standard InChI is InChI=1S/C33H33F2N5O3/c1-20(36-2)31(41)37-28-9-11-30(22-6-5-7-24(16-22)32(42)38(3)4)40(33(28)43)19-21-14-26(35)18-27(15-21)39-13-12-23-17-25(34)8-10-29(23)39/h5-11,14-18,20,36H,12-13,19H2,1-4H3,(H,37,41). The van der Waals surface area contributed by atoms with Crippen LogP contribution in [0.1, 0.15) is 28.4 Å². The minimum absolute atomic E-state index is 0.0137. The van der Waals surface area contributed by atoms with Crippen molar-refractivity contribution in [2.24, 2.45) is 0 Å². The average Bonchev–Trinajstić information content (AvgIpc) is 3.41. The average molecular weight is 586 g/mol. The van der Waals surface area contributed by atoms with Gasteiger partial charge in [-0.25, -0.2) is 8.78 Å². The summed E-state index contributed by atoms with van der Waals surface area (Å²) < 4.78 is 30.3. The van der Waals surface area contributed by atoms with Crippen molar-refractivity contribution in [2.75, 3.05) is 37.9 Å². The summed E-state index contributed by atoms with van der Waals surface area (Å²) in [7, 11) is 4.96. The second-order valence-corrected chi connectivity index (χ2v) is 10.8. The Bertz CT molecular complexity index is 1770. The van der Waals surface area contributed by atoms with E-state index in [9.17, 15) is 18.8 Å². The number of fused-ring (bicyclic) bond motifs is 1. The van der Waals surface area contributed by atoms with Gasteiger partial charge in [-0.1, -0.05) is 12.1 Å². The normalized spacial score (nSPS) is 13.0. The fraction of sp³-hybridized carbons (Fsp3) is 0.242. The Morgan fingerprint density at radius 1 is 0.977 bits per heavy atom. The van der Waals surface area contributed by atoms with Gasteiger partial charge in [0.15, 0.2) is 0 Å². The molecule has 1 aliphatic rings. The molecule has 0 aliphatic carbocycles. The van der Waals surface area contributed by atoms with Crippen molar-refractivity contribution in [1.29, 1.82) is 0 Å². The number of aromatic nitrogens is 1. The second kappa shape index (κ2) is 12.2. The third-order valence-electron chi connectivity index (χ3n) is 7.60. The molecule has 1 atom stereocenters. The Balaban J connectivity index is 1.59. The maximum Gasteiger partial charge on any atom is 0.275 e. The van der Waals surface area contributed by atoms with Gasteiger partial charge in [-0.2, -0.15) is 0 Å². The van der Waals surface area contributed by atoms with Crippen LogP contribution in [0.5, 0.6) is 0 Å². The van der Waals surface area contributed by atoms with Crippen LogP contribution in [0.4, 0.5) is 25.8 Å². The molecule has 4 aromatic rings. The van der Waals surface area contributed by atoms with Crippen LogP contribution >= 0.6 is 0 Å². The second-order valence-electron chi connectivity index (χ2n) is 10.8. The molecule has 43 heavy (non-hydrogen) atoms. The third-order valence-corrected chi connectivity index (χ3v) is 7.60. The molecule has 3 aromatic carbocycles. The summed E-state index contributed by atoms with van der Waals surface area (Å²) >= 11 is 0. The Kier molecular flexibility index (Phi) is 8.40. The van der Waals surface area contributed by atoms with Crippen LogP contribution < -0.4 is 21.1 Å². The van der Waals surface area contributed by atoms with Crippen molar-refractivity contribution >= 4 is 28.9 Å². The zero-order valence-corrected chi connectivity index (χ0v) is 24.4. The first-order chi connectivity index (χ1) is 20.5. The number of pyridine rings is 1. The summed E-state index contributed by atoms with van der Waals surface area (Å²) in [6.45, 7) is 2.22. The first kappa shape index (κ1) is 29.7. The lowest BCUT2D eigenvalue weighted by Crippen LogP contribution is -2.37. The molecule has 8 nitrogen and oxygen atoms in total. The van der Waals surface area contributed by atoms with E-state index in [0.717, 1.165) is 11.3 Å². The first-order valence-corrected chi connectivity index (χ1v) is 13.9. The Morgan fingerprint density at radius 2 is 1.77 bits per heavy atom. The van der Waals surface area contributed by atoms with E-state index in [4.69, 9.17) is 0 Å². The smallest absolute Gasteiger partial charge is 0.275 e. The molecule has 222 valence electrons. The number of halogens is 2. The molecule has 2 N–H and O–H groups in total. The summed E-state index contributed by atoms with van der Waals surface area (Å²) in [5.41, 5.74) is 3.89. The van der Waals surface area contributed by atoms with Gasteiger partial charge in [0.05, 0.1) is 18.3 Å². The maximum atomic E-state index is 15.1. The molecular formula is C33H33F2N5O3. The van der Waals surface area contributed by atoms with Crippen LogP contribution in [-0.2, 0) is 17.8 Å². The van der Waals surface area contributed by atoms with Gasteiger partial charge in [0.2, 0.25) is 5.91 Å². The highest BCUT2D eigenvalue weighted by molar-refractivity contribution is 5.95. The molecule has 2 amide bonds. The number of nitrogens with zero attached hydrogens (tertiary/aromatic N) is 3. The number of carbonyl (C=O) groups is 2. The predicted molar refractivity (Wildman–Crippen MR) is 164 cm³/mol. The molecule has 0 saturated heterocycles. The molecule has 2 heterocycles. The van der Waals surface area contributed by atoms with Crippen molar-refractivity contribution in [1.82, 2.24) is 14.8 Å². The van der Waals surface area contributed by atoms with E-state index in [2.05, 4.69) is 10.6 Å². The van der Waals surface area contributed by atoms with Gasteiger partial charge in [0, 0.05) is 37.6 Å². The van der Waals surface area contributed by atoms with E-state index < -0.39 is 17.4 Å². The zero-order chi connectivity index (χ0) is 30.8. The number of benzene rings is 3. The zero-order valence-electron chi connectivity index (χ0n) is 24.4. The van der Waals surface area contributed by atoms with Crippen LogP contribution in [0.2, 0.25) is 0 Å². The number of hydrogen-bond donors (Lipinski definition) is 2. The number of nitrogens with one attached hydrogen (secondary N) is 2. The molecular weight excluding hydrogens is 552 g/mol. The summed E-state index contributed by atoms with van der Waals surface area (Å²) in [6.07, 6.45) is 0.622. The van der Waals surface area contributed by atoms with Crippen LogP contribution in [0.3, 0.4) is 0 Å². The summed E-state index contributed by atoms with van der Waals surface area (Å²) in [5, 5.41) is 5.53. The summed E-state index contributed by atoms with van der Waals surface area (Å²) in [5.74, 6) is -1.38. The topological polar surface area (TPSA) is 86.7 Å². The quantitative estimate of drug-likeness (QED) is 0.311. The van der Waals surface area contributed by atoms with Crippen molar-refractivity contribution in [3.63, 3.8) is 0 Å². The Hall–Kier alpha value is -4.83. The maximum absolute atomic E-state index is 15.1. The van der Waals surface area contributed by atoms with Gasteiger partial charge >= 0.3 is 0 Å². The number of hydrogen-bond acceptors (Lipinski definition) is 5. The largest absolute Gasteiger partial charge is 0.345 e. The highest BCUT2D eigenvalue weighted by Crippen LogP contribution is 2.36. The monoisotopic (exact) mass is 585 g/mol. The molecule has 0 spiro atoms. The fourth-order valence-corrected chi connectivity index (χ4v) is 5.23. The lowest BCUT2D eigenvalue weighted by atomic mass is 10.1. The van der Waals surface area contributed by atoms with Crippen molar-refractivity contribution < 1.29 is 18.4 Å². The fourth-order valence-electron chi connectivity index (χ4n) is 5.23. The molecule has 0 radical (unpaired) electrons. The number of carbonyl (C=O) groups excluding carboxylic acids is 2. The molecule has 0 fully saturated rings. The summed E-state index contributed by atoms with van der Waals surface area (Å²) in [4.78, 5) is 42.6. The van der Waals surface area contributed by atoms with Gasteiger partial charge in [-0.05, 0) is 97.7 Å². The van der Waals surface area contributed by atoms with Gasteiger partial charge in [-0.3, -0.25) is 14.4 Å². The van der Waals surface area contributed by atoms with E-state index in [1.165, 1.54) is 39.8 Å². The molecule has 0 bridgehead atoms. The molecule has 5 rings (SSSR count). The minimum Gasteiger partial charge on any atom is -0.345 e. The number of likely N-dealkylation sites (N-methyl/N-ethyl adjacent to an activating group) is 1. The van der Waals surface area contributed by atoms with E-state index >= 15 is 4.39 Å². The van der Waals surface area contributed by atoms with Crippen LogP contribution in [0.25, 0.3) is 11.3 Å². The molecule has 1 aliphatic heterocycles. The highest BCUT2D eigenvalue weighted by atomic mass is 19.1. The predicted octanol–water partition coefficient (Wildman–Crippen LogP) is 4.78. The van der Waals surface area contributed by atoms with Gasteiger partial charge in [0.25, 0.3) is 11.5 Å². The third kappa shape index (κ3) is 6.19. The SMILES string of the molecule is CNC(C)C(=O)Nc1ccc(-c2cccc(C(=O)N(C)C)c2)n(Cc2cc(F)cc(N3CCc4cc(F)ccc43)c2)c1=O. The number of anilines is 3. The van der Waals surface area contributed by atoms with Crippen LogP contribution in [0.15, 0.2) is 77.6 Å². The van der Waals surface area contributed by atoms with Gasteiger partial charge in [0.1, 0.15) is 17.3 Å². The molecule has 10 heteroatoms. The van der Waals surface area contributed by atoms with E-state index in [1.54, 1.807) is 70.5 Å². The molecule has 1 unspecified atom stereocenters. The Labute approximate surface area is 248 Å². The molecule has 0 saturated carbocycles.